The molecule has 0 amide bonds. The van der Waals surface area contributed by atoms with Gasteiger partial charge in [0.15, 0.2) is 0 Å². The maximum absolute atomic E-state index is 10.6. The third kappa shape index (κ3) is 2.46. The highest BCUT2D eigenvalue weighted by atomic mass is 16.3. The first-order valence-corrected chi connectivity index (χ1v) is 7.32. The number of aliphatic hydroxyl groups is 1. The van der Waals surface area contributed by atoms with Crippen molar-refractivity contribution in [1.82, 2.24) is 14.8 Å². The van der Waals surface area contributed by atoms with Crippen LogP contribution in [-0.4, -0.2) is 47.3 Å². The number of benzene rings is 1. The molecule has 1 fully saturated rings. The van der Waals surface area contributed by atoms with E-state index in [1.807, 2.05) is 0 Å². The van der Waals surface area contributed by atoms with E-state index in [0.717, 1.165) is 31.7 Å². The summed E-state index contributed by atoms with van der Waals surface area (Å²) in [5, 5.41) is 15.1. The first-order chi connectivity index (χ1) is 9.66. The Labute approximate surface area is 120 Å². The number of rotatable bonds is 3. The van der Waals surface area contributed by atoms with E-state index in [1.165, 1.54) is 16.5 Å². The van der Waals surface area contributed by atoms with Crippen molar-refractivity contribution >= 4 is 10.9 Å². The highest BCUT2D eigenvalue weighted by Crippen LogP contribution is 2.28. The summed E-state index contributed by atoms with van der Waals surface area (Å²) in [4.78, 5) is 2.33. The second kappa shape index (κ2) is 5.56. The van der Waals surface area contributed by atoms with Crippen LogP contribution in [0.2, 0.25) is 0 Å². The fourth-order valence-electron chi connectivity index (χ4n) is 3.20. The SMILES string of the molecule is Cc1cccc2c(C(O)CN3CCNCC3)cn(C)c12. The van der Waals surface area contributed by atoms with Gasteiger partial charge < -0.3 is 15.0 Å². The molecule has 0 bridgehead atoms. The lowest BCUT2D eigenvalue weighted by molar-refractivity contribution is 0.106. The molecule has 4 heteroatoms. The minimum absolute atomic E-state index is 0.418. The van der Waals surface area contributed by atoms with Crippen molar-refractivity contribution in [2.75, 3.05) is 32.7 Å². The van der Waals surface area contributed by atoms with Crippen LogP contribution in [0.1, 0.15) is 17.2 Å². The Bertz CT molecular complexity index is 599. The Morgan fingerprint density at radius 2 is 2.05 bits per heavy atom. The van der Waals surface area contributed by atoms with E-state index in [1.54, 1.807) is 0 Å². The van der Waals surface area contributed by atoms with Gasteiger partial charge in [-0.2, -0.15) is 0 Å². The van der Waals surface area contributed by atoms with Crippen molar-refractivity contribution in [3.63, 3.8) is 0 Å². The summed E-state index contributed by atoms with van der Waals surface area (Å²) in [6.07, 6.45) is 1.66. The molecule has 1 atom stereocenters. The van der Waals surface area contributed by atoms with Crippen molar-refractivity contribution in [3.8, 4) is 0 Å². The fourth-order valence-corrected chi connectivity index (χ4v) is 3.20. The average molecular weight is 273 g/mol. The molecule has 1 aromatic heterocycles. The topological polar surface area (TPSA) is 40.4 Å². The number of nitrogens with one attached hydrogen (secondary N) is 1. The van der Waals surface area contributed by atoms with E-state index in [4.69, 9.17) is 0 Å². The molecule has 108 valence electrons. The molecule has 20 heavy (non-hydrogen) atoms. The van der Waals surface area contributed by atoms with Crippen LogP contribution in [0, 0.1) is 6.92 Å². The van der Waals surface area contributed by atoms with Crippen LogP contribution < -0.4 is 5.32 Å². The molecule has 4 nitrogen and oxygen atoms in total. The van der Waals surface area contributed by atoms with Crippen LogP contribution in [0.25, 0.3) is 10.9 Å². The predicted molar refractivity (Wildman–Crippen MR) is 81.9 cm³/mol. The summed E-state index contributed by atoms with van der Waals surface area (Å²) in [5.74, 6) is 0. The van der Waals surface area contributed by atoms with Crippen LogP contribution in [0.3, 0.4) is 0 Å². The van der Waals surface area contributed by atoms with Crippen molar-refractivity contribution in [2.45, 2.75) is 13.0 Å². The maximum atomic E-state index is 10.6. The Morgan fingerprint density at radius 3 is 2.80 bits per heavy atom. The van der Waals surface area contributed by atoms with Gasteiger partial charge in [0.25, 0.3) is 0 Å². The lowest BCUT2D eigenvalue weighted by Gasteiger charge is -2.29. The molecule has 0 aliphatic carbocycles. The monoisotopic (exact) mass is 273 g/mol. The number of nitrogens with zero attached hydrogens (tertiary/aromatic N) is 2. The number of aliphatic hydroxyl groups excluding tert-OH is 1. The Balaban J connectivity index is 1.87. The van der Waals surface area contributed by atoms with Crippen molar-refractivity contribution in [1.29, 1.82) is 0 Å². The molecule has 0 spiro atoms. The molecule has 2 N–H and O–H groups in total. The highest BCUT2D eigenvalue weighted by Gasteiger charge is 2.19. The van der Waals surface area contributed by atoms with Gasteiger partial charge in [-0.1, -0.05) is 18.2 Å². The summed E-state index contributed by atoms with van der Waals surface area (Å²) in [6, 6.07) is 6.30. The highest BCUT2D eigenvalue weighted by molar-refractivity contribution is 5.87. The average Bonchev–Trinajstić information content (AvgIpc) is 2.79. The molecule has 0 radical (unpaired) electrons. The molecule has 3 rings (SSSR count). The molecule has 1 aliphatic heterocycles. The van der Waals surface area contributed by atoms with Crippen LogP contribution in [-0.2, 0) is 7.05 Å². The van der Waals surface area contributed by atoms with E-state index >= 15 is 0 Å². The quantitative estimate of drug-likeness (QED) is 0.889. The van der Waals surface area contributed by atoms with E-state index < -0.39 is 6.10 Å². The van der Waals surface area contributed by atoms with Gasteiger partial charge in [0.05, 0.1) is 11.6 Å². The van der Waals surface area contributed by atoms with E-state index in [-0.39, 0.29) is 0 Å². The van der Waals surface area contributed by atoms with Gasteiger partial charge in [-0.25, -0.2) is 0 Å². The fraction of sp³-hybridized carbons (Fsp3) is 0.500. The number of fused-ring (bicyclic) bond motifs is 1. The number of hydrogen-bond donors (Lipinski definition) is 2. The summed E-state index contributed by atoms with van der Waals surface area (Å²) in [5.41, 5.74) is 3.53. The third-order valence-corrected chi connectivity index (χ3v) is 4.23. The molecule has 1 unspecified atom stereocenters. The molecular formula is C16H23N3O. The predicted octanol–water partition coefficient (Wildman–Crippen LogP) is 1.43. The second-order valence-corrected chi connectivity index (χ2v) is 5.73. The number of aromatic nitrogens is 1. The molecule has 1 aromatic carbocycles. The summed E-state index contributed by atoms with van der Waals surface area (Å²) in [6.45, 7) is 6.90. The standard InChI is InChI=1S/C16H23N3O/c1-12-4-3-5-13-14(10-18(2)16(12)13)15(20)11-19-8-6-17-7-9-19/h3-5,10,15,17,20H,6-9,11H2,1-2H3. The summed E-state index contributed by atoms with van der Waals surface area (Å²) in [7, 11) is 2.05. The minimum Gasteiger partial charge on any atom is -0.387 e. The Hall–Kier alpha value is -1.36. The molecule has 0 saturated carbocycles. The van der Waals surface area contributed by atoms with E-state index in [9.17, 15) is 5.11 Å². The van der Waals surface area contributed by atoms with Gasteiger partial charge in [-0.3, -0.25) is 4.90 Å². The number of aryl methyl sites for hydroxylation is 2. The Kier molecular flexibility index (Phi) is 3.78. The number of β-amino-alcohol motifs (C(OH)–C–C–N with tert-alkyl or cyclic N) is 1. The van der Waals surface area contributed by atoms with Crippen LogP contribution in [0.4, 0.5) is 0 Å². The zero-order chi connectivity index (χ0) is 14.1. The van der Waals surface area contributed by atoms with E-state index in [0.29, 0.717) is 6.54 Å². The maximum Gasteiger partial charge on any atom is 0.0937 e. The lowest BCUT2D eigenvalue weighted by atomic mass is 10.1. The van der Waals surface area contributed by atoms with E-state index in [2.05, 4.69) is 53.2 Å². The normalized spacial score (nSPS) is 18.6. The smallest absolute Gasteiger partial charge is 0.0937 e. The second-order valence-electron chi connectivity index (χ2n) is 5.73. The minimum atomic E-state index is -0.418. The van der Waals surface area contributed by atoms with Crippen molar-refractivity contribution < 1.29 is 5.11 Å². The molecular weight excluding hydrogens is 250 g/mol. The number of hydrogen-bond acceptors (Lipinski definition) is 3. The first kappa shape index (κ1) is 13.6. The summed E-state index contributed by atoms with van der Waals surface area (Å²) >= 11 is 0. The molecule has 1 saturated heterocycles. The lowest BCUT2D eigenvalue weighted by Crippen LogP contribution is -2.44. The van der Waals surface area contributed by atoms with Gasteiger partial charge in [0.1, 0.15) is 0 Å². The van der Waals surface area contributed by atoms with Crippen molar-refractivity contribution in [3.05, 3.63) is 35.5 Å². The molecule has 2 heterocycles. The Morgan fingerprint density at radius 1 is 1.30 bits per heavy atom. The van der Waals surface area contributed by atoms with Gasteiger partial charge in [0.2, 0.25) is 0 Å². The first-order valence-electron chi connectivity index (χ1n) is 7.32. The number of piperazine rings is 1. The molecule has 1 aliphatic rings. The number of para-hydroxylation sites is 1. The van der Waals surface area contributed by atoms with Gasteiger partial charge in [0, 0.05) is 56.9 Å². The van der Waals surface area contributed by atoms with Gasteiger partial charge >= 0.3 is 0 Å². The summed E-state index contributed by atoms with van der Waals surface area (Å²) < 4.78 is 2.13. The third-order valence-electron chi connectivity index (χ3n) is 4.23. The van der Waals surface area contributed by atoms with Gasteiger partial charge in [-0.15, -0.1) is 0 Å². The van der Waals surface area contributed by atoms with Crippen LogP contribution >= 0.6 is 0 Å². The zero-order valence-corrected chi connectivity index (χ0v) is 12.3. The van der Waals surface area contributed by atoms with Gasteiger partial charge in [-0.05, 0) is 12.5 Å². The van der Waals surface area contributed by atoms with Crippen LogP contribution in [0.15, 0.2) is 24.4 Å². The van der Waals surface area contributed by atoms with Crippen LogP contribution in [0.5, 0.6) is 0 Å². The largest absolute Gasteiger partial charge is 0.387 e. The molecule has 2 aromatic rings. The zero-order valence-electron chi connectivity index (χ0n) is 12.3. The van der Waals surface area contributed by atoms with Crippen molar-refractivity contribution in [2.24, 2.45) is 7.05 Å².